The fraction of sp³-hybridized carbons (Fsp3) is 0.588. The molecule has 1 aromatic rings. The Morgan fingerprint density at radius 1 is 1.22 bits per heavy atom. The number of para-hydroxylation sites is 1. The van der Waals surface area contributed by atoms with Crippen LogP contribution in [0.25, 0.3) is 0 Å². The summed E-state index contributed by atoms with van der Waals surface area (Å²) in [6.45, 7) is 8.38. The molecule has 1 atom stereocenters. The van der Waals surface area contributed by atoms with E-state index in [1.807, 2.05) is 33.8 Å². The minimum Gasteiger partial charge on any atom is -0.382 e. The van der Waals surface area contributed by atoms with Gasteiger partial charge in [0.25, 0.3) is 0 Å². The van der Waals surface area contributed by atoms with Gasteiger partial charge in [-0.25, -0.2) is 0 Å². The zero-order valence-corrected chi connectivity index (χ0v) is 15.4. The average molecular weight is 341 g/mol. The van der Waals surface area contributed by atoms with Crippen LogP contribution in [0.15, 0.2) is 24.3 Å². The number of nitrogens with zero attached hydrogens (tertiary/aromatic N) is 1. The van der Waals surface area contributed by atoms with E-state index in [0.29, 0.717) is 18.5 Å². The monoisotopic (exact) mass is 341 g/mol. The molecule has 0 fully saturated rings. The van der Waals surface area contributed by atoms with Gasteiger partial charge in [-0.15, -0.1) is 0 Å². The largest absolute Gasteiger partial charge is 0.382 e. The smallest absolute Gasteiger partial charge is 0.306 e. The molecule has 6 heteroatoms. The second-order valence-electron chi connectivity index (χ2n) is 6.27. The summed E-state index contributed by atoms with van der Waals surface area (Å²) in [5.74, 6) is 0.626. The highest BCUT2D eigenvalue weighted by atomic mass is 32.2. The van der Waals surface area contributed by atoms with Gasteiger partial charge in [-0.3, -0.25) is 4.79 Å². The quantitative estimate of drug-likeness (QED) is 0.681. The van der Waals surface area contributed by atoms with Crippen molar-refractivity contribution in [1.29, 1.82) is 0 Å². The second kappa shape index (κ2) is 8.34. The maximum Gasteiger partial charge on any atom is 0.306 e. The summed E-state index contributed by atoms with van der Waals surface area (Å²) in [5.41, 5.74) is 0.690. The Balaban J connectivity index is 3.06. The van der Waals surface area contributed by atoms with Gasteiger partial charge < -0.3 is 9.08 Å². The number of carbonyl (C=O) groups is 1. The lowest BCUT2D eigenvalue weighted by atomic mass is 10.1. The van der Waals surface area contributed by atoms with Crippen LogP contribution >= 0.6 is 0 Å². The molecule has 0 heterocycles. The first-order valence-corrected chi connectivity index (χ1v) is 9.72. The van der Waals surface area contributed by atoms with Gasteiger partial charge in [0, 0.05) is 24.6 Å². The van der Waals surface area contributed by atoms with Crippen molar-refractivity contribution in [1.82, 2.24) is 4.90 Å². The van der Waals surface area contributed by atoms with Crippen molar-refractivity contribution in [3.8, 4) is 5.75 Å². The fourth-order valence-corrected chi connectivity index (χ4v) is 2.73. The Kier molecular flexibility index (Phi) is 7.06. The molecule has 0 saturated heterocycles. The molecular weight excluding hydrogens is 314 g/mol. The molecular formula is C17H27NO4S. The van der Waals surface area contributed by atoms with Crippen LogP contribution in [-0.2, 0) is 21.5 Å². The van der Waals surface area contributed by atoms with Crippen LogP contribution in [0.2, 0.25) is 0 Å². The minimum absolute atomic E-state index is 0.0727. The van der Waals surface area contributed by atoms with E-state index < -0.39 is 10.1 Å². The van der Waals surface area contributed by atoms with E-state index in [1.54, 1.807) is 23.1 Å². The fourth-order valence-electron chi connectivity index (χ4n) is 2.24. The molecule has 0 aromatic heterocycles. The number of hydrogen-bond acceptors (Lipinski definition) is 4. The third-order valence-corrected chi connectivity index (χ3v) is 4.06. The van der Waals surface area contributed by atoms with Gasteiger partial charge in [0.1, 0.15) is 5.75 Å². The number of amides is 1. The van der Waals surface area contributed by atoms with Gasteiger partial charge in [-0.1, -0.05) is 39.0 Å². The molecule has 0 aliphatic heterocycles. The van der Waals surface area contributed by atoms with E-state index in [1.165, 1.54) is 0 Å². The van der Waals surface area contributed by atoms with E-state index in [-0.39, 0.29) is 23.6 Å². The summed E-state index contributed by atoms with van der Waals surface area (Å²) in [6, 6.07) is 7.00. The molecule has 1 aromatic carbocycles. The molecule has 0 aliphatic carbocycles. The van der Waals surface area contributed by atoms with Crippen molar-refractivity contribution in [3.05, 3.63) is 29.8 Å². The number of hydrogen-bond donors (Lipinski definition) is 0. The lowest BCUT2D eigenvalue weighted by Gasteiger charge is -2.30. The van der Waals surface area contributed by atoms with Crippen LogP contribution in [0.4, 0.5) is 0 Å². The Hall–Kier alpha value is -1.56. The summed E-state index contributed by atoms with van der Waals surface area (Å²) in [7, 11) is -3.60. The Labute approximate surface area is 139 Å². The normalized spacial score (nSPS) is 13.0. The lowest BCUT2D eigenvalue weighted by molar-refractivity contribution is -0.134. The van der Waals surface area contributed by atoms with Crippen molar-refractivity contribution >= 4 is 16.0 Å². The molecule has 5 nitrogen and oxygen atoms in total. The van der Waals surface area contributed by atoms with E-state index in [2.05, 4.69) is 0 Å². The summed E-state index contributed by atoms with van der Waals surface area (Å²) in [4.78, 5) is 14.3. The minimum atomic E-state index is -3.60. The topological polar surface area (TPSA) is 63.7 Å². The van der Waals surface area contributed by atoms with Crippen LogP contribution in [0, 0.1) is 5.92 Å². The zero-order valence-electron chi connectivity index (χ0n) is 14.6. The van der Waals surface area contributed by atoms with Gasteiger partial charge in [-0.05, 0) is 25.3 Å². The molecule has 23 heavy (non-hydrogen) atoms. The molecule has 130 valence electrons. The summed E-state index contributed by atoms with van der Waals surface area (Å²) in [5, 5.41) is 0. The van der Waals surface area contributed by atoms with E-state index in [4.69, 9.17) is 4.18 Å². The molecule has 0 aliphatic rings. The first kappa shape index (κ1) is 19.5. The van der Waals surface area contributed by atoms with Gasteiger partial charge in [0.15, 0.2) is 0 Å². The van der Waals surface area contributed by atoms with E-state index in [9.17, 15) is 13.2 Å². The number of rotatable bonds is 8. The maximum atomic E-state index is 12.5. The van der Waals surface area contributed by atoms with Crippen LogP contribution in [0.5, 0.6) is 5.75 Å². The van der Waals surface area contributed by atoms with Crippen LogP contribution < -0.4 is 4.18 Å². The zero-order chi connectivity index (χ0) is 17.6. The Morgan fingerprint density at radius 2 is 1.83 bits per heavy atom. The van der Waals surface area contributed by atoms with Gasteiger partial charge in [0.05, 0.1) is 6.26 Å². The number of benzene rings is 1. The first-order valence-electron chi connectivity index (χ1n) is 7.90. The highest BCUT2D eigenvalue weighted by Crippen LogP contribution is 2.23. The second-order valence-corrected chi connectivity index (χ2v) is 7.85. The molecule has 0 radical (unpaired) electrons. The molecule has 0 unspecified atom stereocenters. The molecule has 1 amide bonds. The van der Waals surface area contributed by atoms with Gasteiger partial charge >= 0.3 is 10.1 Å². The molecule has 0 spiro atoms. The van der Waals surface area contributed by atoms with Gasteiger partial charge in [0.2, 0.25) is 5.91 Å². The van der Waals surface area contributed by atoms with E-state index in [0.717, 1.165) is 12.7 Å². The van der Waals surface area contributed by atoms with Gasteiger partial charge in [-0.2, -0.15) is 8.42 Å². The average Bonchev–Trinajstić information content (AvgIpc) is 2.43. The van der Waals surface area contributed by atoms with E-state index >= 15 is 0 Å². The SMILES string of the molecule is CC[C@H](C)N(Cc1ccccc1OS(C)(=O)=O)C(=O)CC(C)C. The molecule has 0 saturated carbocycles. The third-order valence-electron chi connectivity index (χ3n) is 3.58. The summed E-state index contributed by atoms with van der Waals surface area (Å²) < 4.78 is 27.9. The lowest BCUT2D eigenvalue weighted by Crippen LogP contribution is -2.38. The first-order chi connectivity index (χ1) is 10.6. The molecule has 0 bridgehead atoms. The van der Waals surface area contributed by atoms with Crippen molar-refractivity contribution < 1.29 is 17.4 Å². The van der Waals surface area contributed by atoms with Crippen molar-refractivity contribution in [2.45, 2.75) is 53.1 Å². The van der Waals surface area contributed by atoms with Crippen LogP contribution in [0.3, 0.4) is 0 Å². The summed E-state index contributed by atoms with van der Waals surface area (Å²) in [6.07, 6.45) is 2.32. The Morgan fingerprint density at radius 3 is 2.35 bits per heavy atom. The Bertz CT molecular complexity index is 625. The maximum absolute atomic E-state index is 12.5. The van der Waals surface area contributed by atoms with Crippen molar-refractivity contribution in [2.75, 3.05) is 6.26 Å². The highest BCUT2D eigenvalue weighted by molar-refractivity contribution is 7.86. The standard InChI is InChI=1S/C17H27NO4S/c1-6-14(4)18(17(19)11-13(2)3)12-15-9-7-8-10-16(15)22-23(5,20)21/h7-10,13-14H,6,11-12H2,1-5H3/t14-/m0/s1. The van der Waals surface area contributed by atoms with Crippen LogP contribution in [0.1, 0.15) is 46.1 Å². The van der Waals surface area contributed by atoms with Crippen LogP contribution in [-0.4, -0.2) is 31.5 Å². The summed E-state index contributed by atoms with van der Waals surface area (Å²) >= 11 is 0. The van der Waals surface area contributed by atoms with Crippen molar-refractivity contribution in [3.63, 3.8) is 0 Å². The molecule has 0 N–H and O–H groups in total. The number of carbonyl (C=O) groups excluding carboxylic acids is 1. The molecule has 1 rings (SSSR count). The highest BCUT2D eigenvalue weighted by Gasteiger charge is 2.22. The predicted octanol–water partition coefficient (Wildman–Crippen LogP) is 3.20. The third kappa shape index (κ3) is 6.60. The predicted molar refractivity (Wildman–Crippen MR) is 91.7 cm³/mol. The van der Waals surface area contributed by atoms with Crippen molar-refractivity contribution in [2.24, 2.45) is 5.92 Å².